The second kappa shape index (κ2) is 5.75. The van der Waals surface area contributed by atoms with Crippen LogP contribution in [-0.2, 0) is 9.53 Å². The zero-order valence-corrected chi connectivity index (χ0v) is 13.5. The number of carbonyl (C=O) groups excluding carboxylic acids is 1. The van der Waals surface area contributed by atoms with Crippen molar-refractivity contribution in [2.45, 2.75) is 59.2 Å². The molecule has 1 unspecified atom stereocenters. The van der Waals surface area contributed by atoms with Crippen molar-refractivity contribution < 1.29 is 9.53 Å². The Labute approximate surface area is 121 Å². The predicted octanol–water partition coefficient (Wildman–Crippen LogP) is 2.10. The molecule has 0 radical (unpaired) electrons. The summed E-state index contributed by atoms with van der Waals surface area (Å²) in [6.45, 7) is 11.1. The average molecular weight is 286 g/mol. The first-order valence-electron chi connectivity index (χ1n) is 6.95. The molecule has 0 aromatic carbocycles. The molecule has 0 aromatic heterocycles. The van der Waals surface area contributed by atoms with Crippen LogP contribution in [0.25, 0.3) is 0 Å². The molecular weight excluding hydrogens is 260 g/mol. The lowest BCUT2D eigenvalue weighted by atomic mass is 9.80. The van der Waals surface area contributed by atoms with Gasteiger partial charge in [0.1, 0.15) is 0 Å². The molecule has 0 spiro atoms. The van der Waals surface area contributed by atoms with Gasteiger partial charge in [0.05, 0.1) is 22.1 Å². The number of nitrogens with two attached hydrogens (primary N) is 1. The van der Waals surface area contributed by atoms with Gasteiger partial charge in [0, 0.05) is 13.1 Å². The van der Waals surface area contributed by atoms with Gasteiger partial charge in [-0.1, -0.05) is 26.1 Å². The SMILES string of the molecule is CCC(CC)(C(=O)N1CC(C)OC(C)(C)C1)C(N)=S. The van der Waals surface area contributed by atoms with Crippen molar-refractivity contribution in [3.63, 3.8) is 0 Å². The molecule has 1 aliphatic heterocycles. The van der Waals surface area contributed by atoms with Crippen LogP contribution in [0.2, 0.25) is 0 Å². The molecule has 0 aromatic rings. The van der Waals surface area contributed by atoms with E-state index in [-0.39, 0.29) is 17.6 Å². The Morgan fingerprint density at radius 2 is 2.00 bits per heavy atom. The molecule has 4 nitrogen and oxygen atoms in total. The average Bonchev–Trinajstić information content (AvgIpc) is 2.28. The maximum absolute atomic E-state index is 12.9. The van der Waals surface area contributed by atoms with E-state index in [9.17, 15) is 4.79 Å². The molecule has 1 aliphatic rings. The summed E-state index contributed by atoms with van der Waals surface area (Å²) in [4.78, 5) is 15.0. The van der Waals surface area contributed by atoms with E-state index < -0.39 is 5.41 Å². The van der Waals surface area contributed by atoms with Gasteiger partial charge in [0.2, 0.25) is 5.91 Å². The number of nitrogens with zero attached hydrogens (tertiary/aromatic N) is 1. The molecular formula is C14H26N2O2S. The highest BCUT2D eigenvalue weighted by Gasteiger charge is 2.44. The minimum atomic E-state index is -0.706. The number of hydrogen-bond acceptors (Lipinski definition) is 3. The van der Waals surface area contributed by atoms with Crippen LogP contribution in [0.1, 0.15) is 47.5 Å². The molecule has 110 valence electrons. The van der Waals surface area contributed by atoms with Crippen molar-refractivity contribution in [1.29, 1.82) is 0 Å². The second-order valence-electron chi connectivity index (χ2n) is 6.03. The first-order chi connectivity index (χ1) is 8.68. The van der Waals surface area contributed by atoms with Crippen LogP contribution >= 0.6 is 12.2 Å². The third-order valence-electron chi connectivity index (χ3n) is 3.94. The summed E-state index contributed by atoms with van der Waals surface area (Å²) in [7, 11) is 0. The molecule has 1 rings (SSSR count). The van der Waals surface area contributed by atoms with Gasteiger partial charge in [0.25, 0.3) is 0 Å². The molecule has 1 atom stereocenters. The van der Waals surface area contributed by atoms with Crippen LogP contribution in [0.5, 0.6) is 0 Å². The Morgan fingerprint density at radius 3 is 2.37 bits per heavy atom. The quantitative estimate of drug-likeness (QED) is 0.804. The smallest absolute Gasteiger partial charge is 0.235 e. The highest BCUT2D eigenvalue weighted by molar-refractivity contribution is 7.80. The van der Waals surface area contributed by atoms with Gasteiger partial charge >= 0.3 is 0 Å². The molecule has 1 fully saturated rings. The number of hydrogen-bond donors (Lipinski definition) is 1. The largest absolute Gasteiger partial charge is 0.392 e. The summed E-state index contributed by atoms with van der Waals surface area (Å²) in [5.74, 6) is 0.0493. The fourth-order valence-electron chi connectivity index (χ4n) is 2.92. The lowest BCUT2D eigenvalue weighted by Gasteiger charge is -2.45. The Morgan fingerprint density at radius 1 is 1.47 bits per heavy atom. The third kappa shape index (κ3) is 3.26. The van der Waals surface area contributed by atoms with Gasteiger partial charge in [-0.05, 0) is 33.6 Å². The van der Waals surface area contributed by atoms with Gasteiger partial charge in [-0.25, -0.2) is 0 Å². The van der Waals surface area contributed by atoms with Gasteiger partial charge in [-0.15, -0.1) is 0 Å². The van der Waals surface area contributed by atoms with E-state index >= 15 is 0 Å². The van der Waals surface area contributed by atoms with Gasteiger partial charge in [0.15, 0.2) is 0 Å². The molecule has 1 heterocycles. The number of carbonyl (C=O) groups is 1. The molecule has 19 heavy (non-hydrogen) atoms. The zero-order valence-electron chi connectivity index (χ0n) is 12.7. The lowest BCUT2D eigenvalue weighted by Crippen LogP contribution is -2.59. The van der Waals surface area contributed by atoms with Crippen LogP contribution in [0.3, 0.4) is 0 Å². The maximum Gasteiger partial charge on any atom is 0.235 e. The van der Waals surface area contributed by atoms with Crippen molar-refractivity contribution in [3.8, 4) is 0 Å². The van der Waals surface area contributed by atoms with E-state index in [1.807, 2.05) is 39.5 Å². The summed E-state index contributed by atoms with van der Waals surface area (Å²) in [6.07, 6.45) is 1.32. The minimum absolute atomic E-state index is 0.0328. The summed E-state index contributed by atoms with van der Waals surface area (Å²) >= 11 is 5.16. The molecule has 0 saturated carbocycles. The van der Waals surface area contributed by atoms with E-state index in [1.165, 1.54) is 0 Å². The number of morpholine rings is 1. The third-order valence-corrected chi connectivity index (χ3v) is 4.34. The van der Waals surface area contributed by atoms with Crippen LogP contribution in [0, 0.1) is 5.41 Å². The van der Waals surface area contributed by atoms with Crippen molar-refractivity contribution in [1.82, 2.24) is 4.90 Å². The van der Waals surface area contributed by atoms with Gasteiger partial charge in [-0.3, -0.25) is 4.79 Å². The van der Waals surface area contributed by atoms with E-state index in [0.29, 0.717) is 30.9 Å². The van der Waals surface area contributed by atoms with Crippen LogP contribution < -0.4 is 5.73 Å². The summed E-state index contributed by atoms with van der Waals surface area (Å²) in [6, 6.07) is 0. The van der Waals surface area contributed by atoms with E-state index in [0.717, 1.165) is 0 Å². The van der Waals surface area contributed by atoms with Crippen LogP contribution in [0.15, 0.2) is 0 Å². The number of amides is 1. The molecule has 0 bridgehead atoms. The van der Waals surface area contributed by atoms with E-state index in [1.54, 1.807) is 0 Å². The van der Waals surface area contributed by atoms with Crippen molar-refractivity contribution in [3.05, 3.63) is 0 Å². The second-order valence-corrected chi connectivity index (χ2v) is 6.47. The Kier molecular flexibility index (Phi) is 4.96. The standard InChI is InChI=1S/C14H26N2O2S/c1-6-14(7-2,11(15)19)12(17)16-8-10(3)18-13(4,5)9-16/h10H,6-9H2,1-5H3,(H2,15,19). The highest BCUT2D eigenvalue weighted by atomic mass is 32.1. The number of ether oxygens (including phenoxy) is 1. The summed E-state index contributed by atoms with van der Waals surface area (Å²) < 4.78 is 5.84. The Hall–Kier alpha value is -0.680. The normalized spacial score (nSPS) is 23.2. The zero-order chi connectivity index (χ0) is 14.8. The monoisotopic (exact) mass is 286 g/mol. The van der Waals surface area contributed by atoms with E-state index in [2.05, 4.69) is 0 Å². The van der Waals surface area contributed by atoms with E-state index in [4.69, 9.17) is 22.7 Å². The molecule has 1 amide bonds. The lowest BCUT2D eigenvalue weighted by molar-refractivity contribution is -0.164. The summed E-state index contributed by atoms with van der Waals surface area (Å²) in [5, 5.41) is 0. The fraction of sp³-hybridized carbons (Fsp3) is 0.857. The molecule has 1 saturated heterocycles. The van der Waals surface area contributed by atoms with Crippen molar-refractivity contribution in [2.24, 2.45) is 11.1 Å². The van der Waals surface area contributed by atoms with Crippen molar-refractivity contribution >= 4 is 23.1 Å². The summed E-state index contributed by atoms with van der Waals surface area (Å²) in [5.41, 5.74) is 4.83. The van der Waals surface area contributed by atoms with Crippen molar-refractivity contribution in [2.75, 3.05) is 13.1 Å². The first kappa shape index (κ1) is 16.4. The minimum Gasteiger partial charge on any atom is -0.392 e. The fourth-order valence-corrected chi connectivity index (χ4v) is 3.29. The molecule has 0 aliphatic carbocycles. The topological polar surface area (TPSA) is 55.6 Å². The first-order valence-corrected chi connectivity index (χ1v) is 7.36. The number of rotatable bonds is 4. The van der Waals surface area contributed by atoms with Crippen LogP contribution in [-0.4, -0.2) is 40.6 Å². The van der Waals surface area contributed by atoms with Gasteiger partial charge in [-0.2, -0.15) is 0 Å². The Bertz CT molecular complexity index is 364. The molecule has 5 heteroatoms. The highest BCUT2D eigenvalue weighted by Crippen LogP contribution is 2.32. The van der Waals surface area contributed by atoms with Crippen LogP contribution in [0.4, 0.5) is 0 Å². The predicted molar refractivity (Wildman–Crippen MR) is 81.0 cm³/mol. The van der Waals surface area contributed by atoms with Gasteiger partial charge < -0.3 is 15.4 Å². The maximum atomic E-state index is 12.9. The molecule has 2 N–H and O–H groups in total. The Balaban J connectivity index is 3.00. The number of thiocarbonyl (C=S) groups is 1.